The van der Waals surface area contributed by atoms with Gasteiger partial charge in [0.15, 0.2) is 0 Å². The number of hydrogen-bond acceptors (Lipinski definition) is 7. The van der Waals surface area contributed by atoms with Gasteiger partial charge < -0.3 is 15.4 Å². The monoisotopic (exact) mass is 503 g/mol. The fourth-order valence-corrected chi connectivity index (χ4v) is 5.84. The zero-order chi connectivity index (χ0) is 24.8. The van der Waals surface area contributed by atoms with Crippen molar-refractivity contribution in [3.8, 4) is 0 Å². The molecular formula is C25H37N5O4S. The summed E-state index contributed by atoms with van der Waals surface area (Å²) in [6.07, 6.45) is 12.3. The first kappa shape index (κ1) is 25.8. The normalized spacial score (nSPS) is 21.0. The Bertz CT molecular complexity index is 1060. The molecule has 1 aromatic rings. The number of ether oxygens (including phenoxy) is 1. The standard InChI is InChI=1S/C25H37N5O4S/c1-18-14-21(35(32,33)28-12-13-34-2)10-11-22(18)29-25(31)23-15-24(27-17-26-23)30(16-19-8-9-19)20-6-4-3-5-7-20/h10-11,14-15,17,19-20,24,28H,3-9,12-13,16H2,1-2H3,(H,26,27)(H,29,31). The first-order chi connectivity index (χ1) is 16.9. The molecule has 35 heavy (non-hydrogen) atoms. The Hall–Kier alpha value is -2.27. The van der Waals surface area contributed by atoms with E-state index in [1.165, 1.54) is 58.1 Å². The number of anilines is 1. The molecule has 10 heteroatoms. The topological polar surface area (TPSA) is 112 Å². The zero-order valence-electron chi connectivity index (χ0n) is 20.6. The van der Waals surface area contributed by atoms with E-state index in [0.717, 1.165) is 12.5 Å². The molecule has 3 N–H and O–H groups in total. The van der Waals surface area contributed by atoms with E-state index >= 15 is 0 Å². The lowest BCUT2D eigenvalue weighted by Gasteiger charge is -2.39. The number of methoxy groups -OCH3 is 1. The number of amides is 1. The summed E-state index contributed by atoms with van der Waals surface area (Å²) in [5.74, 6) is 0.449. The highest BCUT2D eigenvalue weighted by molar-refractivity contribution is 7.89. The van der Waals surface area contributed by atoms with Gasteiger partial charge in [-0.05, 0) is 68.4 Å². The molecule has 1 heterocycles. The molecule has 2 saturated carbocycles. The van der Waals surface area contributed by atoms with Crippen molar-refractivity contribution in [1.82, 2.24) is 14.9 Å². The summed E-state index contributed by atoms with van der Waals surface area (Å²) < 4.78 is 32.3. The van der Waals surface area contributed by atoms with E-state index < -0.39 is 10.0 Å². The molecule has 0 saturated heterocycles. The molecule has 0 bridgehead atoms. The number of aliphatic imine (C=N–C) groups is 1. The fourth-order valence-electron chi connectivity index (χ4n) is 4.74. The predicted molar refractivity (Wildman–Crippen MR) is 137 cm³/mol. The third-order valence-electron chi connectivity index (χ3n) is 6.92. The van der Waals surface area contributed by atoms with Crippen LogP contribution in [-0.4, -0.2) is 64.6 Å². The van der Waals surface area contributed by atoms with Gasteiger partial charge in [-0.2, -0.15) is 0 Å². The molecule has 1 amide bonds. The fraction of sp³-hybridized carbons (Fsp3) is 0.600. The Balaban J connectivity index is 1.44. The maximum atomic E-state index is 13.1. The molecule has 0 spiro atoms. The molecule has 1 aromatic carbocycles. The number of nitrogens with one attached hydrogen (secondary N) is 3. The number of carbonyl (C=O) groups is 1. The van der Waals surface area contributed by atoms with E-state index in [1.54, 1.807) is 25.4 Å². The van der Waals surface area contributed by atoms with Crippen molar-refractivity contribution in [2.24, 2.45) is 10.9 Å². The number of benzene rings is 1. The second-order valence-electron chi connectivity index (χ2n) is 9.68. The Morgan fingerprint density at radius 3 is 2.66 bits per heavy atom. The van der Waals surface area contributed by atoms with Crippen LogP contribution in [0.3, 0.4) is 0 Å². The van der Waals surface area contributed by atoms with Crippen LogP contribution in [0.5, 0.6) is 0 Å². The lowest BCUT2D eigenvalue weighted by molar-refractivity contribution is -0.113. The van der Waals surface area contributed by atoms with Crippen LogP contribution >= 0.6 is 0 Å². The SMILES string of the molecule is COCCNS(=O)(=O)c1ccc(NC(=O)C2=CC(N(CC3CC3)C3CCCCC3)NC=N2)c(C)c1. The molecular weight excluding hydrogens is 466 g/mol. The van der Waals surface area contributed by atoms with Crippen LogP contribution in [0.1, 0.15) is 50.5 Å². The molecule has 2 aliphatic carbocycles. The van der Waals surface area contributed by atoms with Gasteiger partial charge in [0.25, 0.3) is 5.91 Å². The molecule has 1 unspecified atom stereocenters. The highest BCUT2D eigenvalue weighted by atomic mass is 32.2. The minimum Gasteiger partial charge on any atom is -0.383 e. The van der Waals surface area contributed by atoms with Crippen LogP contribution in [0.15, 0.2) is 39.9 Å². The third kappa shape index (κ3) is 6.91. The highest BCUT2D eigenvalue weighted by Crippen LogP contribution is 2.34. The van der Waals surface area contributed by atoms with Crippen molar-refractivity contribution in [3.05, 3.63) is 35.5 Å². The molecule has 2 fully saturated rings. The molecule has 4 rings (SSSR count). The highest BCUT2D eigenvalue weighted by Gasteiger charge is 2.33. The van der Waals surface area contributed by atoms with Gasteiger partial charge in [0, 0.05) is 31.9 Å². The predicted octanol–water partition coefficient (Wildman–Crippen LogP) is 2.74. The number of carbonyl (C=O) groups excluding carboxylic acids is 1. The van der Waals surface area contributed by atoms with Gasteiger partial charge in [0.1, 0.15) is 11.9 Å². The van der Waals surface area contributed by atoms with Gasteiger partial charge in [0.2, 0.25) is 10.0 Å². The minimum atomic E-state index is -3.64. The van der Waals surface area contributed by atoms with Gasteiger partial charge in [0.05, 0.1) is 17.8 Å². The van der Waals surface area contributed by atoms with Crippen LogP contribution in [0.2, 0.25) is 0 Å². The maximum Gasteiger partial charge on any atom is 0.274 e. The quantitative estimate of drug-likeness (QED) is 0.401. The molecule has 1 atom stereocenters. The largest absolute Gasteiger partial charge is 0.383 e. The average Bonchev–Trinajstić information content (AvgIpc) is 3.69. The Morgan fingerprint density at radius 1 is 1.20 bits per heavy atom. The van der Waals surface area contributed by atoms with Crippen LogP contribution < -0.4 is 15.4 Å². The minimum absolute atomic E-state index is 0.0521. The number of aryl methyl sites for hydroxylation is 1. The number of rotatable bonds is 11. The van der Waals surface area contributed by atoms with E-state index in [-0.39, 0.29) is 30.1 Å². The van der Waals surface area contributed by atoms with Gasteiger partial charge in [-0.1, -0.05) is 19.3 Å². The van der Waals surface area contributed by atoms with Gasteiger partial charge >= 0.3 is 0 Å². The van der Waals surface area contributed by atoms with E-state index in [9.17, 15) is 13.2 Å². The van der Waals surface area contributed by atoms with E-state index in [2.05, 4.69) is 25.2 Å². The number of nitrogens with zero attached hydrogens (tertiary/aromatic N) is 2. The van der Waals surface area contributed by atoms with Crippen molar-refractivity contribution >= 4 is 28.0 Å². The van der Waals surface area contributed by atoms with Gasteiger partial charge in [-0.15, -0.1) is 0 Å². The Labute approximate surface area is 208 Å². The van der Waals surface area contributed by atoms with Crippen LogP contribution in [0, 0.1) is 12.8 Å². The third-order valence-corrected chi connectivity index (χ3v) is 8.38. The second kappa shape index (κ2) is 11.6. The van der Waals surface area contributed by atoms with Crippen molar-refractivity contribution in [2.45, 2.75) is 69.0 Å². The number of hydrogen-bond donors (Lipinski definition) is 3. The van der Waals surface area contributed by atoms with E-state index in [0.29, 0.717) is 23.0 Å². The Morgan fingerprint density at radius 2 is 1.97 bits per heavy atom. The smallest absolute Gasteiger partial charge is 0.274 e. The van der Waals surface area contributed by atoms with Crippen LogP contribution in [0.4, 0.5) is 5.69 Å². The molecule has 0 radical (unpaired) electrons. The van der Waals surface area contributed by atoms with Crippen molar-refractivity contribution in [1.29, 1.82) is 0 Å². The van der Waals surface area contributed by atoms with Crippen LogP contribution in [-0.2, 0) is 19.6 Å². The van der Waals surface area contributed by atoms with Crippen LogP contribution in [0.25, 0.3) is 0 Å². The molecule has 192 valence electrons. The van der Waals surface area contributed by atoms with E-state index in [4.69, 9.17) is 4.74 Å². The Kier molecular flexibility index (Phi) is 8.59. The summed E-state index contributed by atoms with van der Waals surface area (Å²) in [6.45, 7) is 3.30. The second-order valence-corrected chi connectivity index (χ2v) is 11.4. The maximum absolute atomic E-state index is 13.1. The first-order valence-electron chi connectivity index (χ1n) is 12.5. The molecule has 1 aliphatic heterocycles. The lowest BCUT2D eigenvalue weighted by atomic mass is 9.93. The van der Waals surface area contributed by atoms with Gasteiger partial charge in [-0.3, -0.25) is 9.69 Å². The van der Waals surface area contributed by atoms with Crippen molar-refractivity contribution in [2.75, 3.05) is 32.1 Å². The first-order valence-corrected chi connectivity index (χ1v) is 14.0. The lowest BCUT2D eigenvalue weighted by Crippen LogP contribution is -2.52. The summed E-state index contributed by atoms with van der Waals surface area (Å²) in [5.41, 5.74) is 1.57. The number of sulfonamides is 1. The summed E-state index contributed by atoms with van der Waals surface area (Å²) in [6, 6.07) is 5.18. The summed E-state index contributed by atoms with van der Waals surface area (Å²) in [7, 11) is -2.13. The molecule has 9 nitrogen and oxygen atoms in total. The van der Waals surface area contributed by atoms with E-state index in [1.807, 2.05) is 6.08 Å². The van der Waals surface area contributed by atoms with Gasteiger partial charge in [-0.25, -0.2) is 18.1 Å². The van der Waals surface area contributed by atoms with Crippen molar-refractivity contribution in [3.63, 3.8) is 0 Å². The molecule has 3 aliphatic rings. The summed E-state index contributed by atoms with van der Waals surface area (Å²) in [4.78, 5) is 20.0. The summed E-state index contributed by atoms with van der Waals surface area (Å²) >= 11 is 0. The summed E-state index contributed by atoms with van der Waals surface area (Å²) in [5, 5.41) is 6.25. The molecule has 0 aromatic heterocycles. The zero-order valence-corrected chi connectivity index (χ0v) is 21.4. The van der Waals surface area contributed by atoms with Crippen molar-refractivity contribution < 1.29 is 17.9 Å². The average molecular weight is 504 g/mol.